The smallest absolute Gasteiger partial charge is 0.156 e. The predicted molar refractivity (Wildman–Crippen MR) is 145 cm³/mol. The molecule has 0 aliphatic carbocycles. The number of fused-ring (bicyclic) bond motifs is 1. The van der Waals surface area contributed by atoms with Gasteiger partial charge in [0.15, 0.2) is 5.82 Å². The van der Waals surface area contributed by atoms with Crippen molar-refractivity contribution in [2.45, 2.75) is 5.54 Å². The first kappa shape index (κ1) is 22.6. The SMILES string of the molecule is O=Cc1ccc(-c2ccc3ncn(C(c4ccccc4)(c4ccccc4)c4ccccc4)c3c2F)cc1. The first-order valence-corrected chi connectivity index (χ1v) is 12.1. The molecule has 0 aliphatic rings. The number of carbonyl (C=O) groups is 1. The van der Waals surface area contributed by atoms with Crippen molar-refractivity contribution in [1.82, 2.24) is 9.55 Å². The summed E-state index contributed by atoms with van der Waals surface area (Å²) in [5.41, 5.74) is 4.78. The van der Waals surface area contributed by atoms with Crippen LogP contribution in [0.2, 0.25) is 0 Å². The molecule has 37 heavy (non-hydrogen) atoms. The number of hydrogen-bond donors (Lipinski definition) is 0. The molecule has 0 unspecified atom stereocenters. The Morgan fingerprint density at radius 1 is 0.649 bits per heavy atom. The van der Waals surface area contributed by atoms with Crippen molar-refractivity contribution in [3.63, 3.8) is 0 Å². The van der Waals surface area contributed by atoms with Crippen LogP contribution in [0.15, 0.2) is 134 Å². The zero-order chi connectivity index (χ0) is 25.2. The molecule has 5 aromatic carbocycles. The molecular formula is C33H23FN2O. The number of aldehydes is 1. The van der Waals surface area contributed by atoms with Gasteiger partial charge in [0.05, 0.1) is 11.8 Å². The quantitative estimate of drug-likeness (QED) is 0.182. The van der Waals surface area contributed by atoms with Crippen molar-refractivity contribution in [2.24, 2.45) is 0 Å². The van der Waals surface area contributed by atoms with E-state index in [1.54, 1.807) is 36.7 Å². The Hall–Kier alpha value is -4.83. The molecule has 4 heteroatoms. The van der Waals surface area contributed by atoms with Crippen LogP contribution in [-0.4, -0.2) is 15.8 Å². The predicted octanol–water partition coefficient (Wildman–Crippen LogP) is 7.50. The van der Waals surface area contributed by atoms with Gasteiger partial charge in [-0.1, -0.05) is 115 Å². The topological polar surface area (TPSA) is 34.9 Å². The van der Waals surface area contributed by atoms with Gasteiger partial charge in [0.2, 0.25) is 0 Å². The van der Waals surface area contributed by atoms with Gasteiger partial charge in [-0.25, -0.2) is 9.37 Å². The molecule has 0 aliphatic heterocycles. The lowest BCUT2D eigenvalue weighted by molar-refractivity contribution is 0.112. The van der Waals surface area contributed by atoms with E-state index in [-0.39, 0.29) is 5.82 Å². The minimum atomic E-state index is -0.876. The minimum absolute atomic E-state index is 0.360. The van der Waals surface area contributed by atoms with Gasteiger partial charge in [-0.05, 0) is 34.4 Å². The summed E-state index contributed by atoms with van der Waals surface area (Å²) >= 11 is 0. The Kier molecular flexibility index (Phi) is 5.70. The van der Waals surface area contributed by atoms with E-state index in [1.807, 2.05) is 65.2 Å². The third-order valence-electron chi connectivity index (χ3n) is 6.94. The van der Waals surface area contributed by atoms with Crippen LogP contribution < -0.4 is 0 Å². The maximum atomic E-state index is 16.6. The first-order chi connectivity index (χ1) is 18.2. The lowest BCUT2D eigenvalue weighted by Crippen LogP contribution is -2.37. The maximum absolute atomic E-state index is 16.6. The Labute approximate surface area is 214 Å². The normalized spacial score (nSPS) is 11.5. The molecular weight excluding hydrogens is 459 g/mol. The van der Waals surface area contributed by atoms with E-state index >= 15 is 4.39 Å². The highest BCUT2D eigenvalue weighted by molar-refractivity contribution is 5.85. The van der Waals surface area contributed by atoms with Crippen molar-refractivity contribution in [3.05, 3.63) is 162 Å². The first-order valence-electron chi connectivity index (χ1n) is 12.1. The summed E-state index contributed by atoms with van der Waals surface area (Å²) < 4.78 is 18.5. The van der Waals surface area contributed by atoms with Gasteiger partial charge in [0, 0.05) is 11.1 Å². The molecule has 0 radical (unpaired) electrons. The summed E-state index contributed by atoms with van der Waals surface area (Å²) in [5, 5.41) is 0. The number of halogens is 1. The van der Waals surface area contributed by atoms with Crippen molar-refractivity contribution >= 4 is 17.3 Å². The average molecular weight is 483 g/mol. The van der Waals surface area contributed by atoms with Crippen molar-refractivity contribution in [1.29, 1.82) is 0 Å². The molecule has 0 saturated carbocycles. The van der Waals surface area contributed by atoms with Crippen LogP contribution in [-0.2, 0) is 5.54 Å². The van der Waals surface area contributed by atoms with Gasteiger partial charge in [0.1, 0.15) is 17.3 Å². The number of aromatic nitrogens is 2. The molecule has 178 valence electrons. The van der Waals surface area contributed by atoms with Gasteiger partial charge in [-0.2, -0.15) is 0 Å². The summed E-state index contributed by atoms with van der Waals surface area (Å²) in [6, 6.07) is 41.0. The molecule has 1 aromatic heterocycles. The molecule has 3 nitrogen and oxygen atoms in total. The molecule has 0 atom stereocenters. The van der Waals surface area contributed by atoms with Crippen LogP contribution in [0.3, 0.4) is 0 Å². The van der Waals surface area contributed by atoms with Crippen LogP contribution in [0.5, 0.6) is 0 Å². The second kappa shape index (κ2) is 9.32. The summed E-state index contributed by atoms with van der Waals surface area (Å²) in [4.78, 5) is 15.8. The van der Waals surface area contributed by atoms with Gasteiger partial charge in [-0.15, -0.1) is 0 Å². The molecule has 0 amide bonds. The molecule has 6 aromatic rings. The van der Waals surface area contributed by atoms with E-state index in [1.165, 1.54) is 0 Å². The summed E-state index contributed by atoms with van der Waals surface area (Å²) in [7, 11) is 0. The fraction of sp³-hybridized carbons (Fsp3) is 0.0303. The summed E-state index contributed by atoms with van der Waals surface area (Å²) in [5.74, 6) is -0.360. The number of imidazole rings is 1. The lowest BCUT2D eigenvalue weighted by atomic mass is 9.76. The molecule has 0 saturated heterocycles. The number of benzene rings is 5. The molecule has 0 N–H and O–H groups in total. The number of carbonyl (C=O) groups excluding carboxylic acids is 1. The van der Waals surface area contributed by atoms with Gasteiger partial charge >= 0.3 is 0 Å². The highest BCUT2D eigenvalue weighted by atomic mass is 19.1. The highest BCUT2D eigenvalue weighted by Crippen LogP contribution is 2.43. The molecule has 6 rings (SSSR count). The molecule has 0 bridgehead atoms. The van der Waals surface area contributed by atoms with Crippen LogP contribution in [0.4, 0.5) is 4.39 Å². The van der Waals surface area contributed by atoms with Crippen molar-refractivity contribution < 1.29 is 9.18 Å². The van der Waals surface area contributed by atoms with E-state index in [0.717, 1.165) is 23.0 Å². The highest BCUT2D eigenvalue weighted by Gasteiger charge is 2.40. The van der Waals surface area contributed by atoms with Crippen LogP contribution >= 0.6 is 0 Å². The van der Waals surface area contributed by atoms with Crippen molar-refractivity contribution in [3.8, 4) is 11.1 Å². The Morgan fingerprint density at radius 2 is 1.16 bits per heavy atom. The van der Waals surface area contributed by atoms with E-state index in [9.17, 15) is 4.79 Å². The fourth-order valence-electron chi connectivity index (χ4n) is 5.24. The van der Waals surface area contributed by atoms with E-state index < -0.39 is 5.54 Å². The number of rotatable bonds is 6. The standard InChI is InChI=1S/C33H23FN2O/c34-31-29(25-18-16-24(22-37)17-19-25)20-21-30-32(31)36(23-35-30)33(26-10-4-1-5-11-26,27-12-6-2-7-13-27)28-14-8-3-9-15-28/h1-23H. The van der Waals surface area contributed by atoms with Gasteiger partial charge in [0.25, 0.3) is 0 Å². The lowest BCUT2D eigenvalue weighted by Gasteiger charge is -2.38. The zero-order valence-electron chi connectivity index (χ0n) is 20.0. The van der Waals surface area contributed by atoms with Crippen LogP contribution in [0, 0.1) is 5.82 Å². The maximum Gasteiger partial charge on any atom is 0.156 e. The zero-order valence-corrected chi connectivity index (χ0v) is 20.0. The summed E-state index contributed by atoms with van der Waals surface area (Å²) in [6.07, 6.45) is 2.52. The van der Waals surface area contributed by atoms with Gasteiger partial charge in [-0.3, -0.25) is 4.79 Å². The molecule has 0 spiro atoms. The molecule has 0 fully saturated rings. The number of hydrogen-bond acceptors (Lipinski definition) is 2. The van der Waals surface area contributed by atoms with E-state index in [4.69, 9.17) is 0 Å². The largest absolute Gasteiger partial charge is 0.309 e. The summed E-state index contributed by atoms with van der Waals surface area (Å²) in [6.45, 7) is 0. The monoisotopic (exact) mass is 482 g/mol. The second-order valence-corrected chi connectivity index (χ2v) is 8.96. The number of nitrogens with zero attached hydrogens (tertiary/aromatic N) is 2. The Balaban J connectivity index is 1.72. The fourth-order valence-corrected chi connectivity index (χ4v) is 5.24. The van der Waals surface area contributed by atoms with Crippen molar-refractivity contribution in [2.75, 3.05) is 0 Å². The average Bonchev–Trinajstić information content (AvgIpc) is 3.41. The second-order valence-electron chi connectivity index (χ2n) is 8.96. The third kappa shape index (κ3) is 3.66. The Bertz CT molecular complexity index is 1580. The minimum Gasteiger partial charge on any atom is -0.309 e. The van der Waals surface area contributed by atoms with Crippen LogP contribution in [0.25, 0.3) is 22.2 Å². The van der Waals surface area contributed by atoms with E-state index in [2.05, 4.69) is 41.4 Å². The van der Waals surface area contributed by atoms with Crippen LogP contribution in [0.1, 0.15) is 27.0 Å². The van der Waals surface area contributed by atoms with Gasteiger partial charge < -0.3 is 4.57 Å². The van der Waals surface area contributed by atoms with E-state index in [0.29, 0.717) is 27.7 Å². The Morgan fingerprint density at radius 3 is 1.65 bits per heavy atom. The third-order valence-corrected chi connectivity index (χ3v) is 6.94. The molecule has 1 heterocycles.